The summed E-state index contributed by atoms with van der Waals surface area (Å²) in [5.41, 5.74) is -0.149. The molecule has 1 aliphatic heterocycles. The predicted molar refractivity (Wildman–Crippen MR) is 142 cm³/mol. The number of hydrogen-bond acceptors (Lipinski definition) is 9. The lowest BCUT2D eigenvalue weighted by molar-refractivity contribution is -0.384. The van der Waals surface area contributed by atoms with Crippen molar-refractivity contribution >= 4 is 33.3 Å². The number of fused-ring (bicyclic) bond motifs is 2. The molecule has 0 bridgehead atoms. The number of hydrogen-bond donors (Lipinski definition) is 0. The first-order valence-corrected chi connectivity index (χ1v) is 12.0. The van der Waals surface area contributed by atoms with Gasteiger partial charge in [-0.05, 0) is 25.0 Å². The Balaban J connectivity index is 1.52. The Morgan fingerprint density at radius 1 is 1.08 bits per heavy atom. The number of nitro groups is 1. The lowest BCUT2D eigenvalue weighted by atomic mass is 10.0. The molecule has 1 saturated heterocycles. The van der Waals surface area contributed by atoms with Gasteiger partial charge in [-0.15, -0.1) is 6.58 Å². The maximum atomic E-state index is 13.5. The second kappa shape index (κ2) is 9.96. The van der Waals surface area contributed by atoms with E-state index in [0.717, 1.165) is 11.2 Å². The van der Waals surface area contributed by atoms with E-state index in [4.69, 9.17) is 9.47 Å². The summed E-state index contributed by atoms with van der Waals surface area (Å²) in [4.78, 5) is 48.7. The molecular formula is C26H26N6O6. The molecule has 3 heterocycles. The van der Waals surface area contributed by atoms with Crippen LogP contribution >= 0.6 is 0 Å². The van der Waals surface area contributed by atoms with Gasteiger partial charge in [0.15, 0.2) is 11.5 Å². The highest BCUT2D eigenvalue weighted by Crippen LogP contribution is 2.36. The van der Waals surface area contributed by atoms with Crippen LogP contribution in [-0.4, -0.2) is 51.3 Å². The van der Waals surface area contributed by atoms with Gasteiger partial charge in [0.1, 0.15) is 12.1 Å². The normalized spacial score (nSPS) is 14.1. The number of benzene rings is 2. The molecule has 4 aromatic rings. The third-order valence-corrected chi connectivity index (χ3v) is 6.93. The summed E-state index contributed by atoms with van der Waals surface area (Å²) in [6, 6.07) is 7.22. The maximum Gasteiger partial charge on any atom is 0.332 e. The smallest absolute Gasteiger partial charge is 0.332 e. The zero-order valence-corrected chi connectivity index (χ0v) is 21.0. The van der Waals surface area contributed by atoms with E-state index in [1.165, 1.54) is 33.7 Å². The standard InChI is InChI=1S/C26H26N6O6/c1-4-9-30-21-6-5-17(32(35)36)12-19(21)25(33)31(26(30)34)16-7-10-29(11-8-16)24-18-13-22(37-2)23(38-3)14-20(18)27-15-28-24/h4-6,12-16H,1,7-11H2,2-3H3. The summed E-state index contributed by atoms with van der Waals surface area (Å²) in [5, 5.41) is 12.3. The monoisotopic (exact) mass is 518 g/mol. The molecule has 38 heavy (non-hydrogen) atoms. The molecule has 0 N–H and O–H groups in total. The van der Waals surface area contributed by atoms with E-state index >= 15 is 0 Å². The molecule has 196 valence electrons. The molecule has 0 radical (unpaired) electrons. The van der Waals surface area contributed by atoms with Gasteiger partial charge in [0.05, 0.1) is 35.6 Å². The summed E-state index contributed by atoms with van der Waals surface area (Å²) >= 11 is 0. The molecule has 2 aromatic carbocycles. The van der Waals surface area contributed by atoms with Gasteiger partial charge in [-0.25, -0.2) is 14.8 Å². The summed E-state index contributed by atoms with van der Waals surface area (Å²) in [7, 11) is 3.13. The van der Waals surface area contributed by atoms with Gasteiger partial charge in [-0.2, -0.15) is 0 Å². The number of allylic oxidation sites excluding steroid dienone is 1. The molecule has 0 amide bonds. The molecule has 1 fully saturated rings. The number of nitro benzene ring substituents is 1. The average molecular weight is 519 g/mol. The van der Waals surface area contributed by atoms with Gasteiger partial charge >= 0.3 is 5.69 Å². The van der Waals surface area contributed by atoms with E-state index in [1.54, 1.807) is 26.4 Å². The average Bonchev–Trinajstić information content (AvgIpc) is 2.94. The lowest BCUT2D eigenvalue weighted by Gasteiger charge is -2.34. The Bertz CT molecular complexity index is 1690. The highest BCUT2D eigenvalue weighted by atomic mass is 16.6. The number of rotatable bonds is 7. The molecule has 12 nitrogen and oxygen atoms in total. The highest BCUT2D eigenvalue weighted by Gasteiger charge is 2.27. The van der Waals surface area contributed by atoms with E-state index in [9.17, 15) is 19.7 Å². The zero-order valence-electron chi connectivity index (χ0n) is 21.0. The maximum absolute atomic E-state index is 13.5. The van der Waals surface area contributed by atoms with Crippen LogP contribution in [0.5, 0.6) is 11.5 Å². The van der Waals surface area contributed by atoms with E-state index in [1.807, 2.05) is 6.07 Å². The number of nitrogens with zero attached hydrogens (tertiary/aromatic N) is 6. The second-order valence-corrected chi connectivity index (χ2v) is 8.96. The highest BCUT2D eigenvalue weighted by molar-refractivity contribution is 5.92. The van der Waals surface area contributed by atoms with Gasteiger partial charge < -0.3 is 14.4 Å². The summed E-state index contributed by atoms with van der Waals surface area (Å²) < 4.78 is 13.5. The van der Waals surface area contributed by atoms with E-state index in [0.29, 0.717) is 48.5 Å². The number of piperidine rings is 1. The Labute approximate surface area is 216 Å². The van der Waals surface area contributed by atoms with Crippen molar-refractivity contribution < 1.29 is 14.4 Å². The van der Waals surface area contributed by atoms with Crippen LogP contribution in [0.1, 0.15) is 18.9 Å². The van der Waals surface area contributed by atoms with Crippen LogP contribution in [0, 0.1) is 10.1 Å². The fourth-order valence-corrected chi connectivity index (χ4v) is 5.08. The van der Waals surface area contributed by atoms with E-state index in [2.05, 4.69) is 21.4 Å². The van der Waals surface area contributed by atoms with Crippen LogP contribution in [0.4, 0.5) is 11.5 Å². The Kier molecular flexibility index (Phi) is 6.53. The van der Waals surface area contributed by atoms with Crippen LogP contribution < -0.4 is 25.6 Å². The van der Waals surface area contributed by atoms with Crippen molar-refractivity contribution in [2.45, 2.75) is 25.4 Å². The summed E-state index contributed by atoms with van der Waals surface area (Å²) in [6.45, 7) is 4.95. The fraction of sp³-hybridized carbons (Fsp3) is 0.308. The molecule has 0 aliphatic carbocycles. The molecule has 5 rings (SSSR count). The topological polar surface area (TPSA) is 135 Å². The first kappa shape index (κ1) is 24.9. The number of anilines is 1. The number of ether oxygens (including phenoxy) is 2. The van der Waals surface area contributed by atoms with E-state index < -0.39 is 16.2 Å². The minimum atomic E-state index is -0.554. The number of aromatic nitrogens is 4. The third-order valence-electron chi connectivity index (χ3n) is 6.93. The van der Waals surface area contributed by atoms with Gasteiger partial charge in [-0.3, -0.25) is 24.0 Å². The SMILES string of the molecule is C=CCn1c(=O)n(C2CCN(c3ncnc4cc(OC)c(OC)cc34)CC2)c(=O)c2cc([N+](=O)[O-])ccc21. The van der Waals surface area contributed by atoms with Crippen LogP contribution in [0.15, 0.2) is 58.9 Å². The first-order valence-electron chi connectivity index (χ1n) is 12.0. The van der Waals surface area contributed by atoms with Gasteiger partial charge in [-0.1, -0.05) is 6.08 Å². The van der Waals surface area contributed by atoms with Crippen molar-refractivity contribution in [2.24, 2.45) is 0 Å². The molecule has 0 atom stereocenters. The second-order valence-electron chi connectivity index (χ2n) is 8.96. The van der Waals surface area contributed by atoms with Crippen molar-refractivity contribution in [2.75, 3.05) is 32.2 Å². The lowest BCUT2D eigenvalue weighted by Crippen LogP contribution is -2.46. The number of non-ortho nitro benzene ring substituents is 1. The van der Waals surface area contributed by atoms with Crippen LogP contribution in [-0.2, 0) is 6.54 Å². The van der Waals surface area contributed by atoms with Crippen molar-refractivity contribution in [3.05, 3.63) is 80.3 Å². The van der Waals surface area contributed by atoms with Gasteiger partial charge in [0, 0.05) is 49.3 Å². The van der Waals surface area contributed by atoms with Crippen LogP contribution in [0.3, 0.4) is 0 Å². The number of methoxy groups -OCH3 is 2. The minimum Gasteiger partial charge on any atom is -0.493 e. The summed E-state index contributed by atoms with van der Waals surface area (Å²) in [5.74, 6) is 1.85. The van der Waals surface area contributed by atoms with Gasteiger partial charge in [0.2, 0.25) is 0 Å². The largest absolute Gasteiger partial charge is 0.493 e. The van der Waals surface area contributed by atoms with Crippen molar-refractivity contribution in [1.29, 1.82) is 0 Å². The van der Waals surface area contributed by atoms with E-state index in [-0.39, 0.29) is 23.7 Å². The molecule has 0 spiro atoms. The zero-order chi connectivity index (χ0) is 27.0. The van der Waals surface area contributed by atoms with Crippen LogP contribution in [0.25, 0.3) is 21.8 Å². The minimum absolute atomic E-state index is 0.130. The Morgan fingerprint density at radius 2 is 1.79 bits per heavy atom. The fourth-order valence-electron chi connectivity index (χ4n) is 5.08. The molecule has 2 aromatic heterocycles. The molecule has 0 saturated carbocycles. The molecule has 0 unspecified atom stereocenters. The molecule has 12 heteroatoms. The van der Waals surface area contributed by atoms with Crippen LogP contribution in [0.2, 0.25) is 0 Å². The van der Waals surface area contributed by atoms with Crippen molar-refractivity contribution in [3.63, 3.8) is 0 Å². The van der Waals surface area contributed by atoms with Crippen molar-refractivity contribution in [3.8, 4) is 11.5 Å². The molecule has 1 aliphatic rings. The quantitative estimate of drug-likeness (QED) is 0.205. The third kappa shape index (κ3) is 4.13. The van der Waals surface area contributed by atoms with Gasteiger partial charge in [0.25, 0.3) is 11.2 Å². The first-order chi connectivity index (χ1) is 18.4. The molecular weight excluding hydrogens is 492 g/mol. The van der Waals surface area contributed by atoms with Crippen molar-refractivity contribution in [1.82, 2.24) is 19.1 Å². The summed E-state index contributed by atoms with van der Waals surface area (Å²) in [6.07, 6.45) is 4.05. The Morgan fingerprint density at radius 3 is 2.45 bits per heavy atom. The predicted octanol–water partition coefficient (Wildman–Crippen LogP) is 3.06. The Hall–Kier alpha value is -4.74.